The van der Waals surface area contributed by atoms with E-state index in [-0.39, 0.29) is 11.3 Å². The van der Waals surface area contributed by atoms with Gasteiger partial charge in [-0.2, -0.15) is 0 Å². The standard InChI is InChI=1S/C14H9FO3/c15-13-7-11(9-17)3-6-14(13)18-12-4-1-10(8-16)2-5-12/h1-9H. The van der Waals surface area contributed by atoms with E-state index in [2.05, 4.69) is 0 Å². The lowest BCUT2D eigenvalue weighted by atomic mass is 10.2. The molecule has 0 spiro atoms. The van der Waals surface area contributed by atoms with Crippen molar-refractivity contribution in [2.75, 3.05) is 0 Å². The zero-order chi connectivity index (χ0) is 13.0. The topological polar surface area (TPSA) is 43.4 Å². The Hall–Kier alpha value is -2.49. The summed E-state index contributed by atoms with van der Waals surface area (Å²) in [5.74, 6) is -0.170. The summed E-state index contributed by atoms with van der Waals surface area (Å²) in [5.41, 5.74) is 0.760. The molecule has 4 heteroatoms. The van der Waals surface area contributed by atoms with Gasteiger partial charge in [0, 0.05) is 11.1 Å². The summed E-state index contributed by atoms with van der Waals surface area (Å²) < 4.78 is 18.8. The van der Waals surface area contributed by atoms with E-state index in [9.17, 15) is 14.0 Å². The van der Waals surface area contributed by atoms with Crippen LogP contribution in [-0.2, 0) is 0 Å². The molecule has 2 rings (SSSR count). The molecule has 0 heterocycles. The van der Waals surface area contributed by atoms with E-state index in [1.54, 1.807) is 24.3 Å². The summed E-state index contributed by atoms with van der Waals surface area (Å²) in [4.78, 5) is 20.9. The summed E-state index contributed by atoms with van der Waals surface area (Å²) in [6.45, 7) is 0. The number of benzene rings is 2. The molecule has 0 atom stereocenters. The average Bonchev–Trinajstić information content (AvgIpc) is 2.42. The second-order valence-electron chi connectivity index (χ2n) is 3.60. The molecule has 90 valence electrons. The van der Waals surface area contributed by atoms with Crippen molar-refractivity contribution in [2.45, 2.75) is 0 Å². The van der Waals surface area contributed by atoms with Crippen LogP contribution in [0.2, 0.25) is 0 Å². The van der Waals surface area contributed by atoms with Gasteiger partial charge in [-0.25, -0.2) is 4.39 Å². The van der Waals surface area contributed by atoms with E-state index in [1.807, 2.05) is 0 Å². The third-order valence-corrected chi connectivity index (χ3v) is 2.34. The number of hydrogen-bond acceptors (Lipinski definition) is 3. The van der Waals surface area contributed by atoms with Crippen LogP contribution in [0.1, 0.15) is 20.7 Å². The van der Waals surface area contributed by atoms with Crippen LogP contribution < -0.4 is 4.74 Å². The lowest BCUT2D eigenvalue weighted by molar-refractivity contribution is 0.111. The van der Waals surface area contributed by atoms with Crippen molar-refractivity contribution >= 4 is 12.6 Å². The Morgan fingerprint density at radius 2 is 1.50 bits per heavy atom. The highest BCUT2D eigenvalue weighted by Gasteiger charge is 2.05. The molecule has 0 aliphatic heterocycles. The molecule has 0 amide bonds. The molecule has 0 saturated carbocycles. The summed E-state index contributed by atoms with van der Waals surface area (Å²) in [5, 5.41) is 0. The van der Waals surface area contributed by atoms with E-state index in [1.165, 1.54) is 12.1 Å². The molecule has 0 bridgehead atoms. The van der Waals surface area contributed by atoms with Crippen molar-refractivity contribution in [3.8, 4) is 11.5 Å². The van der Waals surface area contributed by atoms with Gasteiger partial charge in [-0.3, -0.25) is 9.59 Å². The molecule has 3 nitrogen and oxygen atoms in total. The van der Waals surface area contributed by atoms with Crippen LogP contribution in [0, 0.1) is 5.82 Å². The average molecular weight is 244 g/mol. The van der Waals surface area contributed by atoms with Crippen molar-refractivity contribution in [3.05, 3.63) is 59.4 Å². The second kappa shape index (κ2) is 5.23. The van der Waals surface area contributed by atoms with Crippen LogP contribution in [0.4, 0.5) is 4.39 Å². The number of hydrogen-bond donors (Lipinski definition) is 0. The minimum absolute atomic E-state index is 0.0273. The highest BCUT2D eigenvalue weighted by Crippen LogP contribution is 2.24. The summed E-state index contributed by atoms with van der Waals surface area (Å²) in [6.07, 6.45) is 1.27. The number of halogens is 1. The number of aldehydes is 2. The zero-order valence-electron chi connectivity index (χ0n) is 9.30. The van der Waals surface area contributed by atoms with Gasteiger partial charge in [0.15, 0.2) is 11.6 Å². The van der Waals surface area contributed by atoms with Crippen LogP contribution in [-0.4, -0.2) is 12.6 Å². The first kappa shape index (κ1) is 12.0. The molecule has 0 fully saturated rings. The minimum Gasteiger partial charge on any atom is -0.454 e. The Morgan fingerprint density at radius 1 is 0.889 bits per heavy atom. The maximum Gasteiger partial charge on any atom is 0.166 e. The molecule has 0 aromatic heterocycles. The first-order chi connectivity index (χ1) is 8.72. The third-order valence-electron chi connectivity index (χ3n) is 2.34. The van der Waals surface area contributed by atoms with Crippen LogP contribution in [0.25, 0.3) is 0 Å². The fourth-order valence-electron chi connectivity index (χ4n) is 1.41. The monoisotopic (exact) mass is 244 g/mol. The van der Waals surface area contributed by atoms with E-state index in [4.69, 9.17) is 4.74 Å². The van der Waals surface area contributed by atoms with Gasteiger partial charge >= 0.3 is 0 Å². The fourth-order valence-corrected chi connectivity index (χ4v) is 1.41. The predicted octanol–water partition coefficient (Wildman–Crippen LogP) is 3.24. The van der Waals surface area contributed by atoms with Crippen LogP contribution >= 0.6 is 0 Å². The lowest BCUT2D eigenvalue weighted by Gasteiger charge is -2.06. The highest BCUT2D eigenvalue weighted by molar-refractivity contribution is 5.75. The van der Waals surface area contributed by atoms with Gasteiger partial charge in [0.1, 0.15) is 18.3 Å². The van der Waals surface area contributed by atoms with E-state index in [0.717, 1.165) is 6.07 Å². The predicted molar refractivity (Wildman–Crippen MR) is 63.7 cm³/mol. The van der Waals surface area contributed by atoms with E-state index < -0.39 is 5.82 Å². The van der Waals surface area contributed by atoms with Gasteiger partial charge in [0.05, 0.1) is 0 Å². The summed E-state index contributed by atoms with van der Waals surface area (Å²) in [6, 6.07) is 10.2. The smallest absolute Gasteiger partial charge is 0.166 e. The van der Waals surface area contributed by atoms with Gasteiger partial charge in [0.2, 0.25) is 0 Å². The Labute approximate surface area is 103 Å². The quantitative estimate of drug-likeness (QED) is 0.775. The van der Waals surface area contributed by atoms with Crippen LogP contribution in [0.3, 0.4) is 0 Å². The molecule has 18 heavy (non-hydrogen) atoms. The SMILES string of the molecule is O=Cc1ccc(Oc2ccc(C=O)cc2F)cc1. The number of carbonyl (C=O) groups is 2. The van der Waals surface area contributed by atoms with Crippen molar-refractivity contribution in [1.29, 1.82) is 0 Å². The van der Waals surface area contributed by atoms with Gasteiger partial charge in [-0.05, 0) is 42.5 Å². The normalized spacial score (nSPS) is 9.83. The molecule has 2 aromatic rings. The molecule has 0 aliphatic rings. The van der Waals surface area contributed by atoms with E-state index >= 15 is 0 Å². The molecular weight excluding hydrogens is 235 g/mol. The first-order valence-electron chi connectivity index (χ1n) is 5.21. The largest absolute Gasteiger partial charge is 0.454 e. The molecule has 0 N–H and O–H groups in total. The van der Waals surface area contributed by atoms with Gasteiger partial charge in [-0.1, -0.05) is 0 Å². The van der Waals surface area contributed by atoms with Crippen molar-refractivity contribution in [2.24, 2.45) is 0 Å². The second-order valence-corrected chi connectivity index (χ2v) is 3.60. The van der Waals surface area contributed by atoms with Crippen molar-refractivity contribution in [1.82, 2.24) is 0 Å². The minimum atomic E-state index is -0.612. The molecule has 0 saturated heterocycles. The number of ether oxygens (including phenoxy) is 1. The Kier molecular flexibility index (Phi) is 3.48. The fraction of sp³-hybridized carbons (Fsp3) is 0. The zero-order valence-corrected chi connectivity index (χ0v) is 9.30. The molecule has 2 aromatic carbocycles. The maximum absolute atomic E-state index is 13.5. The number of carbonyl (C=O) groups excluding carboxylic acids is 2. The molecular formula is C14H9FO3. The van der Waals surface area contributed by atoms with Gasteiger partial charge < -0.3 is 4.74 Å². The van der Waals surface area contributed by atoms with E-state index in [0.29, 0.717) is 23.9 Å². The lowest BCUT2D eigenvalue weighted by Crippen LogP contribution is -1.90. The molecule has 0 radical (unpaired) electrons. The van der Waals surface area contributed by atoms with Crippen molar-refractivity contribution < 1.29 is 18.7 Å². The third kappa shape index (κ3) is 2.60. The van der Waals surface area contributed by atoms with Crippen LogP contribution in [0.5, 0.6) is 11.5 Å². The Balaban J connectivity index is 2.22. The first-order valence-corrected chi connectivity index (χ1v) is 5.21. The molecule has 0 unspecified atom stereocenters. The van der Waals surface area contributed by atoms with Gasteiger partial charge in [-0.15, -0.1) is 0 Å². The summed E-state index contributed by atoms with van der Waals surface area (Å²) >= 11 is 0. The summed E-state index contributed by atoms with van der Waals surface area (Å²) in [7, 11) is 0. The van der Waals surface area contributed by atoms with Gasteiger partial charge in [0.25, 0.3) is 0 Å². The van der Waals surface area contributed by atoms with Crippen molar-refractivity contribution in [3.63, 3.8) is 0 Å². The highest BCUT2D eigenvalue weighted by atomic mass is 19.1. The maximum atomic E-state index is 13.5. The van der Waals surface area contributed by atoms with Crippen LogP contribution in [0.15, 0.2) is 42.5 Å². The Bertz CT molecular complexity index is 576. The Morgan fingerprint density at radius 3 is 2.06 bits per heavy atom. The number of rotatable bonds is 4. The molecule has 0 aliphatic carbocycles.